The van der Waals surface area contributed by atoms with E-state index in [1.807, 2.05) is 0 Å². The first-order chi connectivity index (χ1) is 15.7. The van der Waals surface area contributed by atoms with E-state index in [1.165, 1.54) is 31.3 Å². The second kappa shape index (κ2) is 10.3. The zero-order valence-corrected chi connectivity index (χ0v) is 21.8. The van der Waals surface area contributed by atoms with Gasteiger partial charge >= 0.3 is 0 Å². The molecule has 2 unspecified atom stereocenters. The highest BCUT2D eigenvalue weighted by atomic mass is 16.5. The van der Waals surface area contributed by atoms with E-state index in [1.54, 1.807) is 5.57 Å². The number of nitrogens with zero attached hydrogens (tertiary/aromatic N) is 1. The van der Waals surface area contributed by atoms with Crippen molar-refractivity contribution >= 4 is 0 Å². The average Bonchev–Trinajstić information content (AvgIpc) is 2.76. The molecule has 2 aliphatic carbocycles. The molecule has 2 saturated heterocycles. The molecule has 0 saturated carbocycles. The fraction of sp³-hybridized carbons (Fsp3) is 0.793. The normalized spacial score (nSPS) is 32.3. The Morgan fingerprint density at radius 2 is 1.94 bits per heavy atom. The van der Waals surface area contributed by atoms with E-state index in [2.05, 4.69) is 63.1 Å². The second-order valence-electron chi connectivity index (χ2n) is 12.2. The maximum atomic E-state index is 11.4. The molecule has 0 aromatic rings. The number of aliphatic hydroxyl groups excluding tert-OH is 1. The quantitative estimate of drug-likeness (QED) is 0.346. The highest BCUT2D eigenvalue weighted by Gasteiger charge is 2.52. The molecule has 0 bridgehead atoms. The lowest BCUT2D eigenvalue weighted by Crippen LogP contribution is -2.55. The number of fused-ring (bicyclic) bond motifs is 3. The van der Waals surface area contributed by atoms with Crippen LogP contribution in [-0.4, -0.2) is 54.4 Å². The van der Waals surface area contributed by atoms with Crippen LogP contribution in [0.15, 0.2) is 35.1 Å². The molecule has 4 aliphatic rings. The molecule has 2 aliphatic heterocycles. The van der Waals surface area contributed by atoms with Gasteiger partial charge in [0, 0.05) is 38.6 Å². The molecule has 186 valence electrons. The third kappa shape index (κ3) is 5.60. The zero-order valence-electron chi connectivity index (χ0n) is 21.8. The van der Waals surface area contributed by atoms with Gasteiger partial charge in [0.05, 0.1) is 17.5 Å². The van der Waals surface area contributed by atoms with Crippen LogP contribution in [0.2, 0.25) is 0 Å². The Morgan fingerprint density at radius 3 is 2.67 bits per heavy atom. The summed E-state index contributed by atoms with van der Waals surface area (Å²) in [6.07, 6.45) is 15.4. The predicted octanol–water partition coefficient (Wildman–Crippen LogP) is 6.02. The number of hydrogen-bond acceptors (Lipinski definition) is 4. The Labute approximate surface area is 202 Å². The molecular weight excluding hydrogens is 408 g/mol. The van der Waals surface area contributed by atoms with Crippen molar-refractivity contribution in [2.75, 3.05) is 32.7 Å². The summed E-state index contributed by atoms with van der Waals surface area (Å²) >= 11 is 0. The van der Waals surface area contributed by atoms with Gasteiger partial charge in [-0.25, -0.2) is 0 Å². The maximum Gasteiger partial charge on any atom is 0.0988 e. The monoisotopic (exact) mass is 456 g/mol. The lowest BCUT2D eigenvalue weighted by molar-refractivity contribution is -0.177. The van der Waals surface area contributed by atoms with Gasteiger partial charge in [-0.2, -0.15) is 0 Å². The largest absolute Gasteiger partial charge is 0.512 e. The van der Waals surface area contributed by atoms with Gasteiger partial charge in [-0.1, -0.05) is 64.2 Å². The van der Waals surface area contributed by atoms with E-state index in [9.17, 15) is 5.11 Å². The van der Waals surface area contributed by atoms with E-state index in [0.717, 1.165) is 52.0 Å². The second-order valence-corrected chi connectivity index (χ2v) is 12.2. The van der Waals surface area contributed by atoms with Gasteiger partial charge in [-0.05, 0) is 62.0 Å². The molecule has 0 spiro atoms. The highest BCUT2D eigenvalue weighted by Crippen LogP contribution is 2.53. The fourth-order valence-electron chi connectivity index (χ4n) is 6.78. The minimum absolute atomic E-state index is 0.0188. The molecule has 0 aromatic carbocycles. The predicted molar refractivity (Wildman–Crippen MR) is 137 cm³/mol. The van der Waals surface area contributed by atoms with Gasteiger partial charge in [0.25, 0.3) is 0 Å². The first-order valence-corrected chi connectivity index (χ1v) is 13.6. The van der Waals surface area contributed by atoms with Crippen LogP contribution in [0.4, 0.5) is 0 Å². The summed E-state index contributed by atoms with van der Waals surface area (Å²) < 4.78 is 6.75. The Hall–Kier alpha value is -1.10. The maximum absolute atomic E-state index is 11.4. The first-order valence-electron chi connectivity index (χ1n) is 13.6. The van der Waals surface area contributed by atoms with Crippen molar-refractivity contribution < 1.29 is 9.84 Å². The fourth-order valence-corrected chi connectivity index (χ4v) is 6.78. The molecule has 33 heavy (non-hydrogen) atoms. The van der Waals surface area contributed by atoms with Gasteiger partial charge in [-0.3, -0.25) is 4.90 Å². The zero-order chi connectivity index (χ0) is 23.6. The molecule has 2 heterocycles. The minimum atomic E-state index is -0.173. The van der Waals surface area contributed by atoms with Crippen LogP contribution >= 0.6 is 0 Å². The van der Waals surface area contributed by atoms with Crippen molar-refractivity contribution in [3.8, 4) is 0 Å². The highest BCUT2D eigenvalue weighted by molar-refractivity contribution is 5.36. The number of nitrogens with one attached hydrogen (secondary N) is 1. The van der Waals surface area contributed by atoms with Crippen molar-refractivity contribution in [3.63, 3.8) is 0 Å². The molecule has 4 heteroatoms. The van der Waals surface area contributed by atoms with Gasteiger partial charge in [-0.15, -0.1) is 0 Å². The standard InChI is InChI=1S/C29H48N2O2/c1-6-7-8-9-12-28(2,3)22-18-25(32)27-23-17-21(20-31-15-13-30-14-16-31)10-11-24(23)29(4,5)33-26(27)19-22/h10,18-19,23-24,26-27,30,32H,6-9,11-17,20H2,1-5H3/t23?,24-,26?,27+/m0/s1. The summed E-state index contributed by atoms with van der Waals surface area (Å²) in [6.45, 7) is 17.0. The lowest BCUT2D eigenvalue weighted by Gasteiger charge is -2.54. The first kappa shape index (κ1) is 25.0. The third-order valence-electron chi connectivity index (χ3n) is 8.89. The van der Waals surface area contributed by atoms with E-state index in [4.69, 9.17) is 4.74 Å². The molecule has 2 fully saturated rings. The molecule has 0 amide bonds. The van der Waals surface area contributed by atoms with Gasteiger partial charge in [0.15, 0.2) is 0 Å². The smallest absolute Gasteiger partial charge is 0.0988 e. The summed E-state index contributed by atoms with van der Waals surface area (Å²) in [7, 11) is 0. The van der Waals surface area contributed by atoms with E-state index in [-0.39, 0.29) is 23.0 Å². The minimum Gasteiger partial charge on any atom is -0.512 e. The summed E-state index contributed by atoms with van der Waals surface area (Å²) in [5.74, 6) is 1.56. The van der Waals surface area contributed by atoms with Crippen LogP contribution in [0, 0.1) is 23.2 Å². The van der Waals surface area contributed by atoms with E-state index < -0.39 is 0 Å². The SMILES string of the molecule is CCCCCCC(C)(C)C1=CC2OC(C)(C)[C@H]3CC=C(CN4CCNCC4)CC3[C@@H]2C(O)=C1. The van der Waals surface area contributed by atoms with Crippen LogP contribution < -0.4 is 5.32 Å². The Bertz CT molecular complexity index is 772. The Kier molecular flexibility index (Phi) is 7.77. The van der Waals surface area contributed by atoms with Crippen LogP contribution in [0.1, 0.15) is 79.6 Å². The van der Waals surface area contributed by atoms with Crippen molar-refractivity contribution in [2.45, 2.75) is 91.3 Å². The number of aliphatic hydroxyl groups is 1. The molecular formula is C29H48N2O2. The third-order valence-corrected chi connectivity index (χ3v) is 8.89. The Morgan fingerprint density at radius 1 is 1.18 bits per heavy atom. The summed E-state index contributed by atoms with van der Waals surface area (Å²) in [4.78, 5) is 2.58. The van der Waals surface area contributed by atoms with Crippen molar-refractivity contribution in [1.82, 2.24) is 10.2 Å². The number of rotatable bonds is 8. The van der Waals surface area contributed by atoms with Crippen molar-refractivity contribution in [2.24, 2.45) is 23.2 Å². The van der Waals surface area contributed by atoms with E-state index in [0.29, 0.717) is 17.6 Å². The summed E-state index contributed by atoms with van der Waals surface area (Å²) in [5, 5.41) is 14.8. The molecule has 2 N–H and O–H groups in total. The topological polar surface area (TPSA) is 44.7 Å². The average molecular weight is 457 g/mol. The van der Waals surface area contributed by atoms with Gasteiger partial charge in [0.1, 0.15) is 0 Å². The van der Waals surface area contributed by atoms with Crippen molar-refractivity contribution in [3.05, 3.63) is 35.1 Å². The lowest BCUT2D eigenvalue weighted by atomic mass is 9.61. The summed E-state index contributed by atoms with van der Waals surface area (Å²) in [5.41, 5.74) is 2.72. The van der Waals surface area contributed by atoms with Crippen LogP contribution in [0.5, 0.6) is 0 Å². The van der Waals surface area contributed by atoms with Gasteiger partial charge in [0.2, 0.25) is 0 Å². The van der Waals surface area contributed by atoms with Gasteiger partial charge < -0.3 is 15.2 Å². The number of ether oxygens (including phenoxy) is 1. The van der Waals surface area contributed by atoms with Crippen LogP contribution in [0.25, 0.3) is 0 Å². The number of unbranched alkanes of at least 4 members (excludes halogenated alkanes) is 3. The van der Waals surface area contributed by atoms with E-state index >= 15 is 0 Å². The molecule has 0 radical (unpaired) electrons. The van der Waals surface area contributed by atoms with Crippen LogP contribution in [-0.2, 0) is 4.74 Å². The molecule has 4 atom stereocenters. The summed E-state index contributed by atoms with van der Waals surface area (Å²) in [6, 6.07) is 0. The molecule has 0 aromatic heterocycles. The number of piperazine rings is 1. The number of allylic oxidation sites excluding steroid dienone is 3. The molecule has 4 nitrogen and oxygen atoms in total. The van der Waals surface area contributed by atoms with Crippen molar-refractivity contribution in [1.29, 1.82) is 0 Å². The molecule has 4 rings (SSSR count). The Balaban J connectivity index is 1.50. The number of hydrogen-bond donors (Lipinski definition) is 2. The van der Waals surface area contributed by atoms with Crippen LogP contribution in [0.3, 0.4) is 0 Å².